The lowest BCUT2D eigenvalue weighted by atomic mass is 9.99. The van der Waals surface area contributed by atoms with Crippen molar-refractivity contribution in [1.29, 1.82) is 0 Å². The molecule has 0 bridgehead atoms. The Balaban J connectivity index is 1.53. The van der Waals surface area contributed by atoms with Gasteiger partial charge in [0.2, 0.25) is 5.91 Å². The smallest absolute Gasteiger partial charge is 0.239 e. The summed E-state index contributed by atoms with van der Waals surface area (Å²) in [4.78, 5) is 14.4. The van der Waals surface area contributed by atoms with Gasteiger partial charge in [0.15, 0.2) is 0 Å². The van der Waals surface area contributed by atoms with E-state index in [2.05, 4.69) is 41.7 Å². The molecule has 4 heteroatoms. The first kappa shape index (κ1) is 22.5. The summed E-state index contributed by atoms with van der Waals surface area (Å²) < 4.78 is 0. The van der Waals surface area contributed by atoms with Crippen LogP contribution in [-0.4, -0.2) is 42.2 Å². The lowest BCUT2D eigenvalue weighted by Gasteiger charge is -2.25. The van der Waals surface area contributed by atoms with Crippen molar-refractivity contribution in [3.63, 3.8) is 0 Å². The normalized spacial score (nSPS) is 12.2. The van der Waals surface area contributed by atoms with Crippen LogP contribution in [0.1, 0.15) is 17.5 Å². The highest BCUT2D eigenvalue weighted by atomic mass is 16.3. The van der Waals surface area contributed by atoms with E-state index in [1.54, 1.807) is 0 Å². The van der Waals surface area contributed by atoms with Crippen molar-refractivity contribution in [2.75, 3.05) is 20.2 Å². The Morgan fingerprint density at radius 3 is 2.32 bits per heavy atom. The molecule has 0 aliphatic heterocycles. The minimum absolute atomic E-state index is 0.160. The highest BCUT2D eigenvalue weighted by molar-refractivity contribution is 5.81. The number of carbonyl (C=O) groups is 1. The Morgan fingerprint density at radius 1 is 0.968 bits per heavy atom. The highest BCUT2D eigenvalue weighted by Gasteiger charge is 2.21. The van der Waals surface area contributed by atoms with E-state index in [0.29, 0.717) is 13.1 Å². The fourth-order valence-electron chi connectivity index (χ4n) is 3.49. The number of hydrogen-bond acceptors (Lipinski definition) is 3. The van der Waals surface area contributed by atoms with E-state index >= 15 is 0 Å². The zero-order valence-electron chi connectivity index (χ0n) is 17.9. The van der Waals surface area contributed by atoms with E-state index in [4.69, 9.17) is 0 Å². The van der Waals surface area contributed by atoms with Gasteiger partial charge in [-0.25, -0.2) is 0 Å². The van der Waals surface area contributed by atoms with E-state index in [9.17, 15) is 9.90 Å². The molecule has 3 rings (SSSR count). The molecule has 0 spiro atoms. The van der Waals surface area contributed by atoms with Gasteiger partial charge in [0.05, 0.1) is 6.61 Å². The minimum atomic E-state index is -0.561. The minimum Gasteiger partial charge on any atom is -0.394 e. The molecule has 2 N–H and O–H groups in total. The number of nitrogens with one attached hydrogen (secondary N) is 1. The fraction of sp³-hybridized carbons (Fsp3) is 0.222. The van der Waals surface area contributed by atoms with Crippen LogP contribution in [0.25, 0.3) is 17.2 Å². The van der Waals surface area contributed by atoms with Gasteiger partial charge in [-0.15, -0.1) is 0 Å². The molecule has 1 unspecified atom stereocenters. The van der Waals surface area contributed by atoms with Gasteiger partial charge < -0.3 is 10.4 Å². The highest BCUT2D eigenvalue weighted by Crippen LogP contribution is 2.24. The van der Waals surface area contributed by atoms with Crippen molar-refractivity contribution in [3.8, 4) is 11.1 Å². The topological polar surface area (TPSA) is 52.6 Å². The second kappa shape index (κ2) is 11.8. The largest absolute Gasteiger partial charge is 0.394 e. The van der Waals surface area contributed by atoms with Crippen LogP contribution < -0.4 is 5.32 Å². The third kappa shape index (κ3) is 6.64. The lowest BCUT2D eigenvalue weighted by molar-refractivity contribution is -0.127. The maximum atomic E-state index is 12.5. The van der Waals surface area contributed by atoms with Crippen LogP contribution in [0.5, 0.6) is 0 Å². The van der Waals surface area contributed by atoms with Crippen molar-refractivity contribution in [3.05, 3.63) is 102 Å². The van der Waals surface area contributed by atoms with Gasteiger partial charge in [-0.3, -0.25) is 9.69 Å². The fourth-order valence-corrected chi connectivity index (χ4v) is 3.49. The number of likely N-dealkylation sites (N-methyl/N-ethyl adjacent to an activating group) is 1. The van der Waals surface area contributed by atoms with Gasteiger partial charge in [-0.2, -0.15) is 0 Å². The zero-order chi connectivity index (χ0) is 21.9. The van der Waals surface area contributed by atoms with E-state index in [1.807, 2.05) is 72.6 Å². The summed E-state index contributed by atoms with van der Waals surface area (Å²) in [5, 5.41) is 12.7. The summed E-state index contributed by atoms with van der Waals surface area (Å²) in [6, 6.07) is 27.9. The van der Waals surface area contributed by atoms with Crippen LogP contribution >= 0.6 is 0 Å². The first-order chi connectivity index (χ1) is 15.2. The Kier molecular flexibility index (Phi) is 8.59. The van der Waals surface area contributed by atoms with Crippen LogP contribution in [0.2, 0.25) is 0 Å². The summed E-state index contributed by atoms with van der Waals surface area (Å²) in [6.45, 7) is 0.922. The zero-order valence-corrected chi connectivity index (χ0v) is 17.9. The van der Waals surface area contributed by atoms with Crippen molar-refractivity contribution >= 4 is 12.0 Å². The molecule has 3 aromatic rings. The molecule has 4 nitrogen and oxygen atoms in total. The van der Waals surface area contributed by atoms with Gasteiger partial charge in [-0.05, 0) is 35.7 Å². The Labute approximate surface area is 184 Å². The van der Waals surface area contributed by atoms with Gasteiger partial charge in [0.1, 0.15) is 6.04 Å². The molecule has 1 amide bonds. The first-order valence-electron chi connectivity index (χ1n) is 10.6. The summed E-state index contributed by atoms with van der Waals surface area (Å²) in [5.41, 5.74) is 4.59. The Bertz CT molecular complexity index is 971. The van der Waals surface area contributed by atoms with Crippen LogP contribution in [0, 0.1) is 0 Å². The molecule has 0 fully saturated rings. The molecule has 0 aromatic heterocycles. The molecule has 0 radical (unpaired) electrons. The molecular formula is C27H30N2O2. The average molecular weight is 415 g/mol. The molecule has 0 aliphatic rings. The van der Waals surface area contributed by atoms with E-state index in [1.165, 1.54) is 11.1 Å². The van der Waals surface area contributed by atoms with Crippen LogP contribution in [0.3, 0.4) is 0 Å². The summed E-state index contributed by atoms with van der Waals surface area (Å²) in [5.74, 6) is -0.160. The summed E-state index contributed by atoms with van der Waals surface area (Å²) in [7, 11) is 1.87. The van der Waals surface area contributed by atoms with E-state index < -0.39 is 6.04 Å². The number of aliphatic hydroxyl groups is 1. The molecular weight excluding hydrogens is 384 g/mol. The third-order valence-corrected chi connectivity index (χ3v) is 5.31. The molecule has 1 atom stereocenters. The average Bonchev–Trinajstić information content (AvgIpc) is 2.82. The maximum absolute atomic E-state index is 12.5. The Morgan fingerprint density at radius 2 is 1.61 bits per heavy atom. The number of aliphatic hydroxyl groups excluding tert-OH is 1. The number of amides is 1. The number of carbonyl (C=O) groups excluding carboxylic acids is 1. The van der Waals surface area contributed by atoms with Crippen molar-refractivity contribution in [2.24, 2.45) is 0 Å². The molecule has 160 valence electrons. The van der Waals surface area contributed by atoms with E-state index in [0.717, 1.165) is 17.5 Å². The second-order valence-electron chi connectivity index (χ2n) is 7.53. The number of nitrogens with zero attached hydrogens (tertiary/aromatic N) is 1. The first-order valence-corrected chi connectivity index (χ1v) is 10.6. The molecule has 31 heavy (non-hydrogen) atoms. The van der Waals surface area contributed by atoms with Crippen LogP contribution in [0.15, 0.2) is 91.0 Å². The summed E-state index contributed by atoms with van der Waals surface area (Å²) >= 11 is 0. The maximum Gasteiger partial charge on any atom is 0.239 e. The number of rotatable bonds is 10. The summed E-state index contributed by atoms with van der Waals surface area (Å²) in [6.07, 6.45) is 5.02. The predicted molar refractivity (Wildman–Crippen MR) is 127 cm³/mol. The second-order valence-corrected chi connectivity index (χ2v) is 7.53. The van der Waals surface area contributed by atoms with Crippen molar-refractivity contribution < 1.29 is 9.90 Å². The molecule has 0 saturated heterocycles. The molecule has 0 heterocycles. The van der Waals surface area contributed by atoms with Gasteiger partial charge in [-0.1, -0.05) is 97.1 Å². The van der Waals surface area contributed by atoms with Crippen molar-refractivity contribution in [2.45, 2.75) is 19.0 Å². The third-order valence-electron chi connectivity index (χ3n) is 5.31. The van der Waals surface area contributed by atoms with Crippen LogP contribution in [0.4, 0.5) is 0 Å². The monoisotopic (exact) mass is 414 g/mol. The van der Waals surface area contributed by atoms with E-state index in [-0.39, 0.29) is 12.5 Å². The molecule has 0 aliphatic carbocycles. The number of benzene rings is 3. The number of hydrogen-bond donors (Lipinski definition) is 2. The standard InChI is InChI=1S/C27H30N2O2/c1-29(26(21-30)27(31)28-20-22-12-4-2-5-13-22)19-11-10-17-24-16-8-9-18-25(24)23-14-6-3-7-15-23/h2-10,12-18,26,30H,11,19-21H2,1H3,(H,28,31)/b17-10+. The Hall–Kier alpha value is -3.21. The lowest BCUT2D eigenvalue weighted by Crippen LogP contribution is -2.47. The molecule has 3 aromatic carbocycles. The van der Waals surface area contributed by atoms with Crippen LogP contribution in [-0.2, 0) is 11.3 Å². The van der Waals surface area contributed by atoms with Gasteiger partial charge >= 0.3 is 0 Å². The molecule has 0 saturated carbocycles. The van der Waals surface area contributed by atoms with Gasteiger partial charge in [0.25, 0.3) is 0 Å². The van der Waals surface area contributed by atoms with Gasteiger partial charge in [0, 0.05) is 13.1 Å². The quantitative estimate of drug-likeness (QED) is 0.518. The van der Waals surface area contributed by atoms with Crippen molar-refractivity contribution in [1.82, 2.24) is 10.2 Å². The SMILES string of the molecule is CN(CC/C=C/c1ccccc1-c1ccccc1)C(CO)C(=O)NCc1ccccc1. The predicted octanol–water partition coefficient (Wildman–Crippen LogP) is 4.37.